The lowest BCUT2D eigenvalue weighted by Crippen LogP contribution is -2.52. The molecule has 2 rings (SSSR count). The molecule has 0 bridgehead atoms. The van der Waals surface area contributed by atoms with Gasteiger partial charge in [0, 0.05) is 24.5 Å². The summed E-state index contributed by atoms with van der Waals surface area (Å²) in [7, 11) is 0. The highest BCUT2D eigenvalue weighted by atomic mass is 16.2. The second-order valence-electron chi connectivity index (χ2n) is 6.09. The van der Waals surface area contributed by atoms with Crippen LogP contribution in [0.2, 0.25) is 0 Å². The summed E-state index contributed by atoms with van der Waals surface area (Å²) in [4.78, 5) is 25.8. The lowest BCUT2D eigenvalue weighted by molar-refractivity contribution is -0.142. The van der Waals surface area contributed by atoms with Crippen molar-refractivity contribution in [2.24, 2.45) is 17.6 Å². The number of hydrogen-bond donors (Lipinski definition) is 2. The van der Waals surface area contributed by atoms with E-state index < -0.39 is 0 Å². The number of likely N-dealkylation sites (tertiary alicyclic amines) is 1. The molecule has 2 amide bonds. The number of piperidine rings is 2. The number of nitrogens with one attached hydrogen (secondary N) is 1. The summed E-state index contributed by atoms with van der Waals surface area (Å²) < 4.78 is 0. The highest BCUT2D eigenvalue weighted by molar-refractivity contribution is 5.82. The summed E-state index contributed by atoms with van der Waals surface area (Å²) >= 11 is 0. The van der Waals surface area contributed by atoms with Crippen molar-refractivity contribution in [3.63, 3.8) is 0 Å². The van der Waals surface area contributed by atoms with Crippen LogP contribution in [0.5, 0.6) is 0 Å². The molecule has 0 aromatic rings. The van der Waals surface area contributed by atoms with Gasteiger partial charge in [-0.15, -0.1) is 0 Å². The van der Waals surface area contributed by atoms with Crippen LogP contribution in [0.1, 0.15) is 39.5 Å². The number of nitrogens with zero attached hydrogens (tertiary/aromatic N) is 1. The molecular formula is C14H25N3O2. The van der Waals surface area contributed by atoms with Crippen LogP contribution in [0.4, 0.5) is 0 Å². The molecule has 4 atom stereocenters. The molecule has 0 radical (unpaired) electrons. The molecule has 0 aliphatic carbocycles. The van der Waals surface area contributed by atoms with E-state index in [1.54, 1.807) is 0 Å². The fraction of sp³-hybridized carbons (Fsp3) is 0.857. The van der Waals surface area contributed by atoms with Gasteiger partial charge in [0.2, 0.25) is 11.8 Å². The monoisotopic (exact) mass is 267 g/mol. The Morgan fingerprint density at radius 3 is 2.53 bits per heavy atom. The molecule has 2 aliphatic heterocycles. The van der Waals surface area contributed by atoms with Crippen molar-refractivity contribution in [3.05, 3.63) is 0 Å². The van der Waals surface area contributed by atoms with Crippen molar-refractivity contribution < 1.29 is 9.59 Å². The van der Waals surface area contributed by atoms with E-state index in [9.17, 15) is 9.59 Å². The Hall–Kier alpha value is -1.10. The van der Waals surface area contributed by atoms with Gasteiger partial charge in [0.25, 0.3) is 0 Å². The molecule has 3 N–H and O–H groups in total. The third-order valence-corrected chi connectivity index (χ3v) is 4.54. The molecule has 108 valence electrons. The van der Waals surface area contributed by atoms with E-state index in [2.05, 4.69) is 19.2 Å². The minimum absolute atomic E-state index is 0.102. The summed E-state index contributed by atoms with van der Waals surface area (Å²) in [6.07, 6.45) is 3.47. The molecular weight excluding hydrogens is 242 g/mol. The first-order chi connectivity index (χ1) is 8.99. The number of rotatable bonds is 2. The molecule has 5 nitrogen and oxygen atoms in total. The van der Waals surface area contributed by atoms with E-state index in [-0.39, 0.29) is 29.7 Å². The van der Waals surface area contributed by atoms with Crippen molar-refractivity contribution in [1.29, 1.82) is 0 Å². The third-order valence-electron chi connectivity index (χ3n) is 4.54. The van der Waals surface area contributed by atoms with Crippen molar-refractivity contribution in [2.75, 3.05) is 13.1 Å². The predicted molar refractivity (Wildman–Crippen MR) is 73.3 cm³/mol. The maximum Gasteiger partial charge on any atom is 0.226 e. The highest BCUT2D eigenvalue weighted by Gasteiger charge is 2.35. The molecule has 4 unspecified atom stereocenters. The second-order valence-corrected chi connectivity index (χ2v) is 6.09. The van der Waals surface area contributed by atoms with Gasteiger partial charge >= 0.3 is 0 Å². The van der Waals surface area contributed by atoms with E-state index >= 15 is 0 Å². The standard InChI is InChI=1S/C14H25N3O2/c1-9-7-11(5-6-16-9)14(19)17-8-12(13(15)18)4-3-10(17)2/h9-12,16H,3-8H2,1-2H3,(H2,15,18). The lowest BCUT2D eigenvalue weighted by atomic mass is 9.88. The number of carbonyl (C=O) groups is 2. The molecule has 0 aromatic heterocycles. The van der Waals surface area contributed by atoms with Gasteiger partial charge in [-0.2, -0.15) is 0 Å². The Labute approximate surface area is 114 Å². The smallest absolute Gasteiger partial charge is 0.226 e. The van der Waals surface area contributed by atoms with E-state index in [1.807, 2.05) is 4.90 Å². The predicted octanol–water partition coefficient (Wildman–Crippen LogP) is 0.487. The number of hydrogen-bond acceptors (Lipinski definition) is 3. The first-order valence-electron chi connectivity index (χ1n) is 7.32. The molecule has 2 heterocycles. The molecule has 2 saturated heterocycles. The zero-order chi connectivity index (χ0) is 14.0. The quantitative estimate of drug-likeness (QED) is 0.764. The summed E-state index contributed by atoms with van der Waals surface area (Å²) in [6.45, 7) is 5.59. The molecule has 0 saturated carbocycles. The Kier molecular flexibility index (Phi) is 4.45. The van der Waals surface area contributed by atoms with E-state index in [0.29, 0.717) is 12.6 Å². The van der Waals surface area contributed by atoms with Crippen LogP contribution < -0.4 is 11.1 Å². The highest BCUT2D eigenvalue weighted by Crippen LogP contribution is 2.26. The normalized spacial score (nSPS) is 36.0. The van der Waals surface area contributed by atoms with Gasteiger partial charge < -0.3 is 16.0 Å². The summed E-state index contributed by atoms with van der Waals surface area (Å²) in [5, 5.41) is 3.36. The lowest BCUT2D eigenvalue weighted by Gasteiger charge is -2.40. The van der Waals surface area contributed by atoms with Crippen LogP contribution in [-0.2, 0) is 9.59 Å². The Morgan fingerprint density at radius 1 is 1.16 bits per heavy atom. The minimum Gasteiger partial charge on any atom is -0.369 e. The second kappa shape index (κ2) is 5.90. The van der Waals surface area contributed by atoms with E-state index in [4.69, 9.17) is 5.73 Å². The van der Waals surface area contributed by atoms with Crippen molar-refractivity contribution in [1.82, 2.24) is 10.2 Å². The van der Waals surface area contributed by atoms with Crippen molar-refractivity contribution in [2.45, 2.75) is 51.6 Å². The van der Waals surface area contributed by atoms with Gasteiger partial charge in [0.05, 0.1) is 5.92 Å². The zero-order valence-electron chi connectivity index (χ0n) is 11.9. The average molecular weight is 267 g/mol. The topological polar surface area (TPSA) is 75.4 Å². The number of nitrogens with two attached hydrogens (primary N) is 1. The van der Waals surface area contributed by atoms with Gasteiger partial charge in [0.15, 0.2) is 0 Å². The maximum atomic E-state index is 12.6. The Bertz CT molecular complexity index is 359. The summed E-state index contributed by atoms with van der Waals surface area (Å²) in [5.74, 6) is -0.125. The fourth-order valence-electron chi connectivity index (χ4n) is 3.24. The summed E-state index contributed by atoms with van der Waals surface area (Å²) in [6, 6.07) is 0.628. The van der Waals surface area contributed by atoms with Gasteiger partial charge in [-0.3, -0.25) is 9.59 Å². The van der Waals surface area contributed by atoms with Gasteiger partial charge in [-0.25, -0.2) is 0 Å². The number of carbonyl (C=O) groups excluding carboxylic acids is 2. The Balaban J connectivity index is 2.01. The van der Waals surface area contributed by atoms with Gasteiger partial charge in [-0.05, 0) is 46.1 Å². The molecule has 19 heavy (non-hydrogen) atoms. The SMILES string of the molecule is CC1CC(C(=O)N2CC(C(N)=O)CCC2C)CCN1. The van der Waals surface area contributed by atoms with Gasteiger partial charge in [0.1, 0.15) is 0 Å². The number of amides is 2. The van der Waals surface area contributed by atoms with Crippen molar-refractivity contribution in [3.8, 4) is 0 Å². The molecule has 0 spiro atoms. The first-order valence-corrected chi connectivity index (χ1v) is 7.32. The first kappa shape index (κ1) is 14.3. The van der Waals surface area contributed by atoms with Crippen LogP contribution in [-0.4, -0.2) is 41.9 Å². The molecule has 0 aromatic carbocycles. The van der Waals surface area contributed by atoms with Crippen LogP contribution in [0.3, 0.4) is 0 Å². The zero-order valence-corrected chi connectivity index (χ0v) is 11.9. The van der Waals surface area contributed by atoms with E-state index in [0.717, 1.165) is 32.2 Å². The molecule has 2 aliphatic rings. The fourth-order valence-corrected chi connectivity index (χ4v) is 3.24. The largest absolute Gasteiger partial charge is 0.369 e. The third kappa shape index (κ3) is 3.26. The number of primary amides is 1. The van der Waals surface area contributed by atoms with E-state index in [1.165, 1.54) is 0 Å². The van der Waals surface area contributed by atoms with Gasteiger partial charge in [-0.1, -0.05) is 0 Å². The van der Waals surface area contributed by atoms with Crippen LogP contribution in [0, 0.1) is 11.8 Å². The Morgan fingerprint density at radius 2 is 1.89 bits per heavy atom. The minimum atomic E-state index is -0.275. The molecule has 2 fully saturated rings. The molecule has 5 heteroatoms. The van der Waals surface area contributed by atoms with Crippen LogP contribution in [0.15, 0.2) is 0 Å². The van der Waals surface area contributed by atoms with Crippen molar-refractivity contribution >= 4 is 11.8 Å². The summed E-state index contributed by atoms with van der Waals surface area (Å²) in [5.41, 5.74) is 5.39. The van der Waals surface area contributed by atoms with Crippen LogP contribution in [0.25, 0.3) is 0 Å². The van der Waals surface area contributed by atoms with Crippen LogP contribution >= 0.6 is 0 Å². The maximum absolute atomic E-state index is 12.6. The average Bonchev–Trinajstić information content (AvgIpc) is 2.38.